The smallest absolute Gasteiger partial charge is 0.258 e. The predicted molar refractivity (Wildman–Crippen MR) is 132 cm³/mol. The molecule has 0 aromatic heterocycles. The molecule has 1 atom stereocenters. The van der Waals surface area contributed by atoms with Gasteiger partial charge in [0.25, 0.3) is 5.91 Å². The number of aliphatic hydroxyl groups is 1. The van der Waals surface area contributed by atoms with E-state index < -0.39 is 6.23 Å². The van der Waals surface area contributed by atoms with Gasteiger partial charge in [-0.1, -0.05) is 6.07 Å². The zero-order valence-electron chi connectivity index (χ0n) is 19.9. The van der Waals surface area contributed by atoms with Crippen molar-refractivity contribution in [2.75, 3.05) is 43.5 Å². The standard InChI is InChI=1S/C27H35N3O2/c1-6-30-25-10-8-21(27(32)29(5)22-9-7-18(2)19(3)15-22)16-24(25)23(17-26(30)31)20-11-13-28(4)14-12-20/h7-10,15-17,20,26,31H,6,11-14H2,1-5H3. The number of allylic oxidation sites excluding steroid dienone is 1. The first-order valence-corrected chi connectivity index (χ1v) is 11.6. The second kappa shape index (κ2) is 9.08. The lowest BCUT2D eigenvalue weighted by Crippen LogP contribution is -2.38. The van der Waals surface area contributed by atoms with Gasteiger partial charge in [-0.25, -0.2) is 0 Å². The van der Waals surface area contributed by atoms with Crippen molar-refractivity contribution >= 4 is 22.9 Å². The highest BCUT2D eigenvalue weighted by Gasteiger charge is 2.31. The fourth-order valence-electron chi connectivity index (χ4n) is 4.91. The number of piperidine rings is 1. The van der Waals surface area contributed by atoms with Gasteiger partial charge in [-0.3, -0.25) is 4.79 Å². The molecule has 2 aromatic rings. The van der Waals surface area contributed by atoms with Gasteiger partial charge in [-0.2, -0.15) is 0 Å². The highest BCUT2D eigenvalue weighted by molar-refractivity contribution is 6.07. The van der Waals surface area contributed by atoms with Crippen molar-refractivity contribution in [2.45, 2.75) is 39.8 Å². The second-order valence-corrected chi connectivity index (χ2v) is 9.26. The molecule has 1 unspecified atom stereocenters. The number of nitrogens with zero attached hydrogens (tertiary/aromatic N) is 3. The number of aryl methyl sites for hydroxylation is 2. The van der Waals surface area contributed by atoms with Crippen LogP contribution in [0.2, 0.25) is 0 Å². The van der Waals surface area contributed by atoms with Crippen LogP contribution in [0.15, 0.2) is 42.5 Å². The van der Waals surface area contributed by atoms with Crippen molar-refractivity contribution in [3.63, 3.8) is 0 Å². The molecule has 5 heteroatoms. The Morgan fingerprint density at radius 3 is 2.47 bits per heavy atom. The van der Waals surface area contributed by atoms with Crippen LogP contribution < -0.4 is 9.80 Å². The molecular formula is C27H35N3O2. The Hall–Kier alpha value is -2.63. The van der Waals surface area contributed by atoms with E-state index in [2.05, 4.69) is 37.9 Å². The van der Waals surface area contributed by atoms with Gasteiger partial charge >= 0.3 is 0 Å². The van der Waals surface area contributed by atoms with Gasteiger partial charge < -0.3 is 19.8 Å². The van der Waals surface area contributed by atoms with Gasteiger partial charge in [0, 0.05) is 36.1 Å². The number of likely N-dealkylation sites (tertiary alicyclic amines) is 1. The van der Waals surface area contributed by atoms with E-state index in [0.29, 0.717) is 18.0 Å². The Kier molecular flexibility index (Phi) is 6.40. The minimum Gasteiger partial charge on any atom is -0.370 e. The van der Waals surface area contributed by atoms with E-state index in [4.69, 9.17) is 0 Å². The number of benzene rings is 2. The third kappa shape index (κ3) is 4.19. The number of anilines is 2. The number of likely N-dealkylation sites (N-methyl/N-ethyl adjacent to an activating group) is 1. The summed E-state index contributed by atoms with van der Waals surface area (Å²) in [6, 6.07) is 12.1. The number of hydrogen-bond donors (Lipinski definition) is 1. The van der Waals surface area contributed by atoms with Crippen molar-refractivity contribution < 1.29 is 9.90 Å². The first-order valence-electron chi connectivity index (χ1n) is 11.6. The maximum absolute atomic E-state index is 13.4. The number of hydrogen-bond acceptors (Lipinski definition) is 4. The summed E-state index contributed by atoms with van der Waals surface area (Å²) >= 11 is 0. The molecule has 1 saturated heterocycles. The molecule has 0 bridgehead atoms. The van der Waals surface area contributed by atoms with E-state index >= 15 is 0 Å². The molecule has 2 aliphatic heterocycles. The van der Waals surface area contributed by atoms with Crippen LogP contribution >= 0.6 is 0 Å². The average molecular weight is 434 g/mol. The molecule has 0 saturated carbocycles. The molecule has 2 aromatic carbocycles. The fourth-order valence-corrected chi connectivity index (χ4v) is 4.91. The first kappa shape index (κ1) is 22.6. The van der Waals surface area contributed by atoms with Gasteiger partial charge in [-0.05, 0) is 113 Å². The van der Waals surface area contributed by atoms with Crippen molar-refractivity contribution in [1.29, 1.82) is 0 Å². The molecule has 5 nitrogen and oxygen atoms in total. The van der Waals surface area contributed by atoms with Gasteiger partial charge in [-0.15, -0.1) is 0 Å². The molecular weight excluding hydrogens is 398 g/mol. The summed E-state index contributed by atoms with van der Waals surface area (Å²) in [4.78, 5) is 19.5. The van der Waals surface area contributed by atoms with E-state index in [1.165, 1.54) is 16.7 Å². The molecule has 0 aliphatic carbocycles. The third-order valence-electron chi connectivity index (χ3n) is 7.19. The van der Waals surface area contributed by atoms with Crippen molar-refractivity contribution in [3.05, 3.63) is 64.7 Å². The normalized spacial score (nSPS) is 19.5. The lowest BCUT2D eigenvalue weighted by Gasteiger charge is -2.38. The summed E-state index contributed by atoms with van der Waals surface area (Å²) in [6.45, 7) is 9.02. The summed E-state index contributed by atoms with van der Waals surface area (Å²) in [5.74, 6) is 0.384. The molecule has 170 valence electrons. The maximum atomic E-state index is 13.4. The van der Waals surface area contributed by atoms with Crippen LogP contribution in [0.25, 0.3) is 5.57 Å². The van der Waals surface area contributed by atoms with E-state index in [-0.39, 0.29) is 5.91 Å². The monoisotopic (exact) mass is 433 g/mol. The molecule has 32 heavy (non-hydrogen) atoms. The van der Waals surface area contributed by atoms with E-state index in [1.54, 1.807) is 4.90 Å². The second-order valence-electron chi connectivity index (χ2n) is 9.26. The van der Waals surface area contributed by atoms with Crippen LogP contribution in [-0.4, -0.2) is 55.9 Å². The van der Waals surface area contributed by atoms with Crippen LogP contribution in [-0.2, 0) is 0 Å². The number of carbonyl (C=O) groups excluding carboxylic acids is 1. The summed E-state index contributed by atoms with van der Waals surface area (Å²) in [7, 11) is 3.99. The average Bonchev–Trinajstić information content (AvgIpc) is 2.79. The maximum Gasteiger partial charge on any atom is 0.258 e. The Bertz CT molecular complexity index is 1040. The quantitative estimate of drug-likeness (QED) is 0.773. The lowest BCUT2D eigenvalue weighted by atomic mass is 9.82. The number of rotatable bonds is 4. The van der Waals surface area contributed by atoms with Crippen molar-refractivity contribution in [2.24, 2.45) is 5.92 Å². The van der Waals surface area contributed by atoms with Crippen LogP contribution in [0.5, 0.6) is 0 Å². The number of amides is 1. The van der Waals surface area contributed by atoms with Gasteiger partial charge in [0.05, 0.1) is 0 Å². The molecule has 4 rings (SSSR count). The van der Waals surface area contributed by atoms with Crippen molar-refractivity contribution in [1.82, 2.24) is 4.90 Å². The van der Waals surface area contributed by atoms with E-state index in [1.807, 2.05) is 49.2 Å². The van der Waals surface area contributed by atoms with Gasteiger partial charge in [0.2, 0.25) is 0 Å². The molecule has 2 aliphatic rings. The Labute approximate surface area is 191 Å². The van der Waals surface area contributed by atoms with Crippen LogP contribution in [0, 0.1) is 19.8 Å². The number of carbonyl (C=O) groups is 1. The van der Waals surface area contributed by atoms with Crippen LogP contribution in [0.1, 0.15) is 46.8 Å². The molecule has 1 N–H and O–H groups in total. The van der Waals surface area contributed by atoms with Crippen molar-refractivity contribution in [3.8, 4) is 0 Å². The Morgan fingerprint density at radius 1 is 1.09 bits per heavy atom. The van der Waals surface area contributed by atoms with E-state index in [0.717, 1.165) is 42.9 Å². The fraction of sp³-hybridized carbons (Fsp3) is 0.444. The Balaban J connectivity index is 1.69. The highest BCUT2D eigenvalue weighted by Crippen LogP contribution is 2.41. The number of aliphatic hydroxyl groups excluding tert-OH is 1. The third-order valence-corrected chi connectivity index (χ3v) is 7.19. The largest absolute Gasteiger partial charge is 0.370 e. The van der Waals surface area contributed by atoms with E-state index in [9.17, 15) is 9.90 Å². The molecule has 1 amide bonds. The van der Waals surface area contributed by atoms with Gasteiger partial charge in [0.1, 0.15) is 6.23 Å². The number of fused-ring (bicyclic) bond motifs is 1. The topological polar surface area (TPSA) is 47.0 Å². The lowest BCUT2D eigenvalue weighted by molar-refractivity contribution is 0.0993. The molecule has 1 fully saturated rings. The van der Waals surface area contributed by atoms with Gasteiger partial charge in [0.15, 0.2) is 0 Å². The molecule has 0 radical (unpaired) electrons. The molecule has 2 heterocycles. The minimum atomic E-state index is -0.623. The van der Waals surface area contributed by atoms with Crippen LogP contribution in [0.3, 0.4) is 0 Å². The zero-order valence-corrected chi connectivity index (χ0v) is 19.9. The Morgan fingerprint density at radius 2 is 1.81 bits per heavy atom. The highest BCUT2D eigenvalue weighted by atomic mass is 16.3. The van der Waals surface area contributed by atoms with Crippen LogP contribution in [0.4, 0.5) is 11.4 Å². The molecule has 0 spiro atoms. The summed E-state index contributed by atoms with van der Waals surface area (Å²) in [5.41, 5.74) is 7.26. The SMILES string of the molecule is CCN1c2ccc(C(=O)N(C)c3ccc(C)c(C)c3)cc2C(C2CCN(C)CC2)=CC1O. The summed E-state index contributed by atoms with van der Waals surface area (Å²) in [6.07, 6.45) is 3.52. The predicted octanol–water partition coefficient (Wildman–Crippen LogP) is 4.46. The zero-order chi connectivity index (χ0) is 23.0. The summed E-state index contributed by atoms with van der Waals surface area (Å²) < 4.78 is 0. The first-order chi connectivity index (χ1) is 15.3. The summed E-state index contributed by atoms with van der Waals surface area (Å²) in [5, 5.41) is 10.8. The minimum absolute atomic E-state index is 0.0204.